The molecule has 31 heavy (non-hydrogen) atoms. The third kappa shape index (κ3) is 3.06. The fourth-order valence-electron chi connectivity index (χ4n) is 4.01. The highest BCUT2D eigenvalue weighted by Crippen LogP contribution is 2.49. The van der Waals surface area contributed by atoms with Crippen LogP contribution in [0.2, 0.25) is 0 Å². The van der Waals surface area contributed by atoms with Crippen molar-refractivity contribution in [1.29, 1.82) is 0 Å². The van der Waals surface area contributed by atoms with Gasteiger partial charge in [0.1, 0.15) is 17.3 Å². The number of ether oxygens (including phenoxy) is 4. The highest BCUT2D eigenvalue weighted by atomic mass is 16.5. The zero-order valence-electron chi connectivity index (χ0n) is 16.8. The second kappa shape index (κ2) is 7.36. The first-order valence-electron chi connectivity index (χ1n) is 9.67. The number of rotatable bonds is 4. The molecule has 3 aromatic rings. The van der Waals surface area contributed by atoms with Gasteiger partial charge in [-0.2, -0.15) is 0 Å². The van der Waals surface area contributed by atoms with Crippen molar-refractivity contribution >= 4 is 17.8 Å². The first-order valence-corrected chi connectivity index (χ1v) is 9.67. The molecule has 2 aliphatic rings. The molecule has 0 bridgehead atoms. The van der Waals surface area contributed by atoms with Crippen LogP contribution in [0.15, 0.2) is 58.9 Å². The van der Waals surface area contributed by atoms with Crippen LogP contribution in [0.25, 0.3) is 6.08 Å². The monoisotopic (exact) mass is 418 g/mol. The summed E-state index contributed by atoms with van der Waals surface area (Å²) in [5.41, 5.74) is 1.67. The lowest BCUT2D eigenvalue weighted by Gasteiger charge is -2.24. The molecule has 0 saturated heterocycles. The predicted octanol–water partition coefficient (Wildman–Crippen LogP) is 4.35. The number of esters is 1. The van der Waals surface area contributed by atoms with E-state index >= 15 is 0 Å². The summed E-state index contributed by atoms with van der Waals surface area (Å²) in [6.45, 7) is 0. The Hall–Kier alpha value is -4.00. The standard InChI is InChI=1S/C24H18O7/c1-27-18-6-3-5-13(23(18)28-2)11-19-22(26)14-8-9-17-21(24(14)31-19)15(12-20(25)30-17)16-7-4-10-29-16/h3-11,15H,12H2,1-2H3/b19-11-. The van der Waals surface area contributed by atoms with Crippen molar-refractivity contribution in [2.24, 2.45) is 0 Å². The van der Waals surface area contributed by atoms with Crippen molar-refractivity contribution in [3.05, 3.63) is 76.9 Å². The van der Waals surface area contributed by atoms with Crippen molar-refractivity contribution < 1.29 is 33.0 Å². The summed E-state index contributed by atoms with van der Waals surface area (Å²) in [7, 11) is 3.08. The summed E-state index contributed by atoms with van der Waals surface area (Å²) in [5.74, 6) is 1.50. The lowest BCUT2D eigenvalue weighted by atomic mass is 9.88. The van der Waals surface area contributed by atoms with Gasteiger partial charge in [0, 0.05) is 11.1 Å². The maximum atomic E-state index is 13.1. The minimum absolute atomic E-state index is 0.0945. The zero-order valence-corrected chi connectivity index (χ0v) is 16.8. The van der Waals surface area contributed by atoms with Gasteiger partial charge in [-0.05, 0) is 36.4 Å². The van der Waals surface area contributed by atoms with Crippen LogP contribution in [0, 0.1) is 0 Å². The van der Waals surface area contributed by atoms with Crippen molar-refractivity contribution in [3.63, 3.8) is 0 Å². The molecule has 0 amide bonds. The van der Waals surface area contributed by atoms with E-state index in [-0.39, 0.29) is 23.9 Å². The quantitative estimate of drug-likeness (QED) is 0.354. The topological polar surface area (TPSA) is 84.2 Å². The van der Waals surface area contributed by atoms with E-state index in [2.05, 4.69) is 0 Å². The first-order chi connectivity index (χ1) is 15.1. The number of hydrogen-bond acceptors (Lipinski definition) is 7. The van der Waals surface area contributed by atoms with E-state index in [1.165, 1.54) is 7.11 Å². The van der Waals surface area contributed by atoms with E-state index in [4.69, 9.17) is 23.4 Å². The van der Waals surface area contributed by atoms with Gasteiger partial charge < -0.3 is 23.4 Å². The van der Waals surface area contributed by atoms with E-state index in [1.54, 1.807) is 61.9 Å². The molecule has 5 rings (SSSR count). The third-order valence-corrected chi connectivity index (χ3v) is 5.39. The molecule has 0 N–H and O–H groups in total. The van der Waals surface area contributed by atoms with Crippen LogP contribution in [0.3, 0.4) is 0 Å². The number of furan rings is 1. The number of ketones is 1. The Morgan fingerprint density at radius 1 is 1.00 bits per heavy atom. The summed E-state index contributed by atoms with van der Waals surface area (Å²) < 4.78 is 27.8. The van der Waals surface area contributed by atoms with Crippen LogP contribution < -0.4 is 18.9 Å². The normalized spacial score (nSPS) is 18.3. The van der Waals surface area contributed by atoms with Crippen molar-refractivity contribution in [2.75, 3.05) is 14.2 Å². The molecule has 1 atom stereocenters. The fraction of sp³-hybridized carbons (Fsp3) is 0.167. The summed E-state index contributed by atoms with van der Waals surface area (Å²) >= 11 is 0. The molecule has 7 heteroatoms. The fourth-order valence-corrected chi connectivity index (χ4v) is 4.01. The van der Waals surface area contributed by atoms with Gasteiger partial charge in [0.2, 0.25) is 5.78 Å². The lowest BCUT2D eigenvalue weighted by Crippen LogP contribution is -2.21. The van der Waals surface area contributed by atoms with Crippen LogP contribution in [0.1, 0.15) is 39.6 Å². The Bertz CT molecular complexity index is 1220. The van der Waals surface area contributed by atoms with E-state index in [0.717, 1.165) is 0 Å². The Morgan fingerprint density at radius 2 is 1.87 bits per heavy atom. The number of allylic oxidation sites excluding steroid dienone is 1. The number of carbonyl (C=O) groups is 2. The number of hydrogen-bond donors (Lipinski definition) is 0. The Balaban J connectivity index is 1.61. The maximum absolute atomic E-state index is 13.1. The summed E-state index contributed by atoms with van der Waals surface area (Å²) in [5, 5.41) is 0. The van der Waals surface area contributed by atoms with Gasteiger partial charge in [-0.1, -0.05) is 12.1 Å². The molecule has 0 spiro atoms. The average Bonchev–Trinajstić information content (AvgIpc) is 3.41. The van der Waals surface area contributed by atoms with Crippen LogP contribution in [0.5, 0.6) is 23.0 Å². The number of carbonyl (C=O) groups excluding carboxylic acids is 2. The zero-order chi connectivity index (χ0) is 21.5. The summed E-state index contributed by atoms with van der Waals surface area (Å²) in [6, 6.07) is 12.2. The molecular formula is C24H18O7. The van der Waals surface area contributed by atoms with Crippen molar-refractivity contribution in [3.8, 4) is 23.0 Å². The largest absolute Gasteiger partial charge is 0.493 e. The molecule has 0 fully saturated rings. The number of Topliss-reactive ketones (excluding diaryl/α,β-unsaturated/α-hetero) is 1. The van der Waals surface area contributed by atoms with E-state index in [0.29, 0.717) is 45.4 Å². The van der Waals surface area contributed by atoms with Crippen LogP contribution in [0.4, 0.5) is 0 Å². The van der Waals surface area contributed by atoms with Gasteiger partial charge >= 0.3 is 5.97 Å². The summed E-state index contributed by atoms with van der Waals surface area (Å²) in [6.07, 6.45) is 3.26. The van der Waals surface area contributed by atoms with E-state index < -0.39 is 5.92 Å². The molecule has 1 aromatic heterocycles. The predicted molar refractivity (Wildman–Crippen MR) is 110 cm³/mol. The van der Waals surface area contributed by atoms with Crippen molar-refractivity contribution in [2.45, 2.75) is 12.3 Å². The number of benzene rings is 2. The number of fused-ring (bicyclic) bond motifs is 3. The van der Waals surface area contributed by atoms with Gasteiger partial charge in [-0.15, -0.1) is 0 Å². The molecule has 0 aliphatic carbocycles. The molecule has 0 saturated carbocycles. The highest BCUT2D eigenvalue weighted by molar-refractivity contribution is 6.15. The summed E-state index contributed by atoms with van der Waals surface area (Å²) in [4.78, 5) is 25.2. The van der Waals surface area contributed by atoms with Crippen molar-refractivity contribution in [1.82, 2.24) is 0 Å². The van der Waals surface area contributed by atoms with Gasteiger partial charge in [-0.3, -0.25) is 9.59 Å². The van der Waals surface area contributed by atoms with Gasteiger partial charge in [0.15, 0.2) is 17.3 Å². The smallest absolute Gasteiger partial charge is 0.312 e. The SMILES string of the molecule is COc1cccc(/C=C2\Oc3c(ccc4c3C(c3ccco3)CC(=O)O4)C2=O)c1OC. The van der Waals surface area contributed by atoms with Crippen LogP contribution in [-0.4, -0.2) is 26.0 Å². The second-order valence-electron chi connectivity index (χ2n) is 7.12. The molecule has 7 nitrogen and oxygen atoms in total. The third-order valence-electron chi connectivity index (χ3n) is 5.39. The van der Waals surface area contributed by atoms with Gasteiger partial charge in [0.25, 0.3) is 0 Å². The Morgan fingerprint density at radius 3 is 2.61 bits per heavy atom. The van der Waals surface area contributed by atoms with Gasteiger partial charge in [-0.25, -0.2) is 0 Å². The lowest BCUT2D eigenvalue weighted by molar-refractivity contribution is -0.135. The Kier molecular flexibility index (Phi) is 4.51. The highest BCUT2D eigenvalue weighted by Gasteiger charge is 2.39. The van der Waals surface area contributed by atoms with E-state index in [1.807, 2.05) is 0 Å². The number of methoxy groups -OCH3 is 2. The molecular weight excluding hydrogens is 400 g/mol. The van der Waals surface area contributed by atoms with Crippen LogP contribution >= 0.6 is 0 Å². The molecule has 156 valence electrons. The Labute approximate surface area is 177 Å². The van der Waals surface area contributed by atoms with Gasteiger partial charge in [0.05, 0.1) is 38.4 Å². The number of para-hydroxylation sites is 1. The molecule has 1 unspecified atom stereocenters. The second-order valence-corrected chi connectivity index (χ2v) is 7.12. The maximum Gasteiger partial charge on any atom is 0.312 e. The van der Waals surface area contributed by atoms with Crippen LogP contribution in [-0.2, 0) is 4.79 Å². The minimum Gasteiger partial charge on any atom is -0.493 e. The first kappa shape index (κ1) is 19.0. The molecule has 3 heterocycles. The molecule has 2 aliphatic heterocycles. The average molecular weight is 418 g/mol. The molecule has 2 aromatic carbocycles. The molecule has 0 radical (unpaired) electrons. The van der Waals surface area contributed by atoms with E-state index in [9.17, 15) is 9.59 Å². The minimum atomic E-state index is -0.403.